The number of rotatable bonds is 6. The molecule has 0 saturated carbocycles. The first kappa shape index (κ1) is 14.1. The first-order valence-electron chi connectivity index (χ1n) is 5.31. The summed E-state index contributed by atoms with van der Waals surface area (Å²) < 4.78 is 0. The maximum Gasteiger partial charge on any atom is 0.230 e. The van der Waals surface area contributed by atoms with Gasteiger partial charge in [0.05, 0.1) is 5.75 Å². The molecule has 0 aliphatic carbocycles. The number of carbonyl (C=O) groups is 1. The Labute approximate surface area is 111 Å². The predicted octanol–water partition coefficient (Wildman–Crippen LogP) is 3.27. The molecule has 0 aromatic heterocycles. The summed E-state index contributed by atoms with van der Waals surface area (Å²) in [5.41, 5.74) is 2.13. The zero-order chi connectivity index (χ0) is 12.7. The number of amides is 1. The highest BCUT2D eigenvalue weighted by Gasteiger charge is 2.01. The topological polar surface area (TPSA) is 29.1 Å². The molecule has 0 aliphatic heterocycles. The van der Waals surface area contributed by atoms with Crippen LogP contribution < -0.4 is 5.32 Å². The molecule has 0 fully saturated rings. The molecular weight excluding hydrogens is 254 g/mol. The number of halogens is 1. The Kier molecular flexibility index (Phi) is 6.16. The van der Waals surface area contributed by atoms with Crippen molar-refractivity contribution in [3.63, 3.8) is 0 Å². The van der Waals surface area contributed by atoms with Gasteiger partial charge in [0, 0.05) is 17.3 Å². The number of nitrogens with one attached hydrogen (secondary N) is 1. The minimum absolute atomic E-state index is 0.0481. The van der Waals surface area contributed by atoms with Crippen LogP contribution in [-0.2, 0) is 10.5 Å². The summed E-state index contributed by atoms with van der Waals surface area (Å²) >= 11 is 7.38. The molecule has 0 aliphatic rings. The summed E-state index contributed by atoms with van der Waals surface area (Å²) in [5.74, 6) is 1.33. The van der Waals surface area contributed by atoms with E-state index in [0.29, 0.717) is 12.3 Å². The van der Waals surface area contributed by atoms with Gasteiger partial charge in [-0.1, -0.05) is 35.9 Å². The highest BCUT2D eigenvalue weighted by Crippen LogP contribution is 2.15. The summed E-state index contributed by atoms with van der Waals surface area (Å²) in [7, 11) is 0. The normalized spacial score (nSPS) is 10.0. The summed E-state index contributed by atoms with van der Waals surface area (Å²) in [6, 6.07) is 7.67. The molecule has 0 unspecified atom stereocenters. The Morgan fingerprint density at radius 3 is 2.65 bits per heavy atom. The zero-order valence-electron chi connectivity index (χ0n) is 9.83. The molecule has 4 heteroatoms. The minimum Gasteiger partial charge on any atom is -0.352 e. The van der Waals surface area contributed by atoms with Crippen LogP contribution in [0.3, 0.4) is 0 Å². The quantitative estimate of drug-likeness (QED) is 0.803. The molecule has 1 N–H and O–H groups in total. The average molecular weight is 270 g/mol. The Morgan fingerprint density at radius 2 is 2.06 bits per heavy atom. The van der Waals surface area contributed by atoms with E-state index in [9.17, 15) is 4.79 Å². The SMILES string of the molecule is C=C(C)CNC(=O)CSCc1ccc(Cl)cc1. The van der Waals surface area contributed by atoms with E-state index in [0.717, 1.165) is 16.3 Å². The lowest BCUT2D eigenvalue weighted by Gasteiger charge is -2.04. The molecule has 1 aromatic carbocycles. The van der Waals surface area contributed by atoms with Gasteiger partial charge in [-0.15, -0.1) is 11.8 Å². The first-order valence-corrected chi connectivity index (χ1v) is 6.84. The number of hydrogen-bond acceptors (Lipinski definition) is 2. The average Bonchev–Trinajstić information content (AvgIpc) is 2.29. The highest BCUT2D eigenvalue weighted by molar-refractivity contribution is 7.99. The molecule has 92 valence electrons. The fraction of sp³-hybridized carbons (Fsp3) is 0.308. The summed E-state index contributed by atoms with van der Waals surface area (Å²) in [6.07, 6.45) is 0. The van der Waals surface area contributed by atoms with Gasteiger partial charge in [0.1, 0.15) is 0 Å². The Morgan fingerprint density at radius 1 is 1.41 bits per heavy atom. The van der Waals surface area contributed by atoms with Crippen LogP contribution in [0.1, 0.15) is 12.5 Å². The van der Waals surface area contributed by atoms with Gasteiger partial charge in [-0.05, 0) is 24.6 Å². The van der Waals surface area contributed by atoms with E-state index in [2.05, 4.69) is 11.9 Å². The van der Waals surface area contributed by atoms with Crippen LogP contribution in [-0.4, -0.2) is 18.2 Å². The lowest BCUT2D eigenvalue weighted by molar-refractivity contribution is -0.118. The van der Waals surface area contributed by atoms with Crippen molar-refractivity contribution >= 4 is 29.3 Å². The standard InChI is InChI=1S/C13H16ClNOS/c1-10(2)7-15-13(16)9-17-8-11-3-5-12(14)6-4-11/h3-6H,1,7-9H2,2H3,(H,15,16). The molecule has 0 spiro atoms. The second kappa shape index (κ2) is 7.41. The maximum atomic E-state index is 11.4. The monoisotopic (exact) mass is 269 g/mol. The predicted molar refractivity (Wildman–Crippen MR) is 75.4 cm³/mol. The third kappa shape index (κ3) is 6.39. The van der Waals surface area contributed by atoms with E-state index in [-0.39, 0.29) is 5.91 Å². The third-order valence-electron chi connectivity index (χ3n) is 2.00. The summed E-state index contributed by atoms with van der Waals surface area (Å²) in [4.78, 5) is 11.4. The van der Waals surface area contributed by atoms with Crippen molar-refractivity contribution in [3.8, 4) is 0 Å². The van der Waals surface area contributed by atoms with Gasteiger partial charge in [0.2, 0.25) is 5.91 Å². The first-order chi connectivity index (χ1) is 8.08. The lowest BCUT2D eigenvalue weighted by atomic mass is 10.2. The van der Waals surface area contributed by atoms with Crippen molar-refractivity contribution in [3.05, 3.63) is 47.0 Å². The third-order valence-corrected chi connectivity index (χ3v) is 3.26. The molecule has 0 bridgehead atoms. The van der Waals surface area contributed by atoms with Gasteiger partial charge in [0.15, 0.2) is 0 Å². The van der Waals surface area contributed by atoms with E-state index in [4.69, 9.17) is 11.6 Å². The van der Waals surface area contributed by atoms with E-state index in [1.54, 1.807) is 11.8 Å². The van der Waals surface area contributed by atoms with E-state index >= 15 is 0 Å². The molecule has 0 saturated heterocycles. The van der Waals surface area contributed by atoms with Crippen LogP contribution in [0.2, 0.25) is 5.02 Å². The zero-order valence-corrected chi connectivity index (χ0v) is 11.4. The van der Waals surface area contributed by atoms with Crippen molar-refractivity contribution in [2.24, 2.45) is 0 Å². The molecular formula is C13H16ClNOS. The molecule has 1 aromatic rings. The molecule has 0 radical (unpaired) electrons. The second-order valence-electron chi connectivity index (χ2n) is 3.85. The van der Waals surface area contributed by atoms with Crippen LogP contribution in [0.5, 0.6) is 0 Å². The number of hydrogen-bond donors (Lipinski definition) is 1. The van der Waals surface area contributed by atoms with Crippen LogP contribution in [0.25, 0.3) is 0 Å². The van der Waals surface area contributed by atoms with Crippen LogP contribution in [0, 0.1) is 0 Å². The largest absolute Gasteiger partial charge is 0.352 e. The van der Waals surface area contributed by atoms with E-state index < -0.39 is 0 Å². The van der Waals surface area contributed by atoms with Gasteiger partial charge >= 0.3 is 0 Å². The number of benzene rings is 1. The lowest BCUT2D eigenvalue weighted by Crippen LogP contribution is -2.26. The van der Waals surface area contributed by atoms with E-state index in [1.165, 1.54) is 5.56 Å². The molecule has 0 atom stereocenters. The van der Waals surface area contributed by atoms with Gasteiger partial charge in [-0.3, -0.25) is 4.79 Å². The van der Waals surface area contributed by atoms with Gasteiger partial charge in [-0.25, -0.2) is 0 Å². The van der Waals surface area contributed by atoms with E-state index in [1.807, 2.05) is 31.2 Å². The summed E-state index contributed by atoms with van der Waals surface area (Å²) in [6.45, 7) is 6.18. The maximum absolute atomic E-state index is 11.4. The Hall–Kier alpha value is -0.930. The minimum atomic E-state index is 0.0481. The highest BCUT2D eigenvalue weighted by atomic mass is 35.5. The fourth-order valence-electron chi connectivity index (χ4n) is 1.14. The molecule has 17 heavy (non-hydrogen) atoms. The second-order valence-corrected chi connectivity index (χ2v) is 5.28. The van der Waals surface area contributed by atoms with Crippen molar-refractivity contribution in [2.75, 3.05) is 12.3 Å². The number of thioether (sulfide) groups is 1. The van der Waals surface area contributed by atoms with Crippen LogP contribution >= 0.6 is 23.4 Å². The fourth-order valence-corrected chi connectivity index (χ4v) is 2.09. The van der Waals surface area contributed by atoms with Crippen molar-refractivity contribution in [2.45, 2.75) is 12.7 Å². The summed E-state index contributed by atoms with van der Waals surface area (Å²) in [5, 5.41) is 3.53. The van der Waals surface area contributed by atoms with Gasteiger partial charge in [-0.2, -0.15) is 0 Å². The molecule has 1 rings (SSSR count). The van der Waals surface area contributed by atoms with Crippen LogP contribution in [0.15, 0.2) is 36.4 Å². The van der Waals surface area contributed by atoms with Crippen LogP contribution in [0.4, 0.5) is 0 Å². The smallest absolute Gasteiger partial charge is 0.230 e. The van der Waals surface area contributed by atoms with Crippen molar-refractivity contribution in [1.82, 2.24) is 5.32 Å². The van der Waals surface area contributed by atoms with Crippen molar-refractivity contribution in [1.29, 1.82) is 0 Å². The van der Waals surface area contributed by atoms with Crippen molar-refractivity contribution < 1.29 is 4.79 Å². The Balaban J connectivity index is 2.21. The molecule has 1 amide bonds. The number of carbonyl (C=O) groups excluding carboxylic acids is 1. The Bertz CT molecular complexity index is 389. The molecule has 2 nitrogen and oxygen atoms in total. The molecule has 0 heterocycles. The van der Waals surface area contributed by atoms with Gasteiger partial charge in [0.25, 0.3) is 0 Å². The van der Waals surface area contributed by atoms with Gasteiger partial charge < -0.3 is 5.32 Å².